The lowest BCUT2D eigenvalue weighted by molar-refractivity contribution is -0.384. The summed E-state index contributed by atoms with van der Waals surface area (Å²) in [4.78, 5) is 13.2. The molecule has 1 rings (SSSR count). The monoisotopic (exact) mass is 297 g/mol. The molecule has 1 heterocycles. The van der Waals surface area contributed by atoms with Crippen LogP contribution in [0.3, 0.4) is 0 Å². The Hall–Kier alpha value is -1.63. The van der Waals surface area contributed by atoms with Crippen LogP contribution in [0, 0.1) is 10.1 Å². The highest BCUT2D eigenvalue weighted by atomic mass is 16.6. The Morgan fingerprint density at radius 1 is 1.48 bits per heavy atom. The summed E-state index contributed by atoms with van der Waals surface area (Å²) < 4.78 is 1.58. The van der Waals surface area contributed by atoms with Crippen molar-refractivity contribution in [3.05, 3.63) is 15.8 Å². The number of aromatic nitrogens is 2. The maximum absolute atomic E-state index is 11.3. The maximum Gasteiger partial charge on any atom is 0.333 e. The topological polar surface area (TPSA) is 76.2 Å². The molecule has 1 aromatic heterocycles. The summed E-state index contributed by atoms with van der Waals surface area (Å²) in [5.41, 5.74) is 0.674. The Morgan fingerprint density at radius 3 is 2.67 bits per heavy atom. The lowest BCUT2D eigenvalue weighted by Crippen LogP contribution is -2.33. The number of rotatable bonds is 9. The van der Waals surface area contributed by atoms with Crippen molar-refractivity contribution in [2.45, 2.75) is 46.1 Å². The zero-order chi connectivity index (χ0) is 16.0. The van der Waals surface area contributed by atoms with Gasteiger partial charge in [0.15, 0.2) is 0 Å². The van der Waals surface area contributed by atoms with Gasteiger partial charge in [-0.05, 0) is 26.8 Å². The summed E-state index contributed by atoms with van der Waals surface area (Å²) in [6.45, 7) is 7.81. The first-order chi connectivity index (χ1) is 9.92. The molecule has 0 aliphatic carbocycles. The fourth-order valence-electron chi connectivity index (χ4n) is 2.25. The van der Waals surface area contributed by atoms with E-state index in [0.29, 0.717) is 30.5 Å². The molecule has 21 heavy (non-hydrogen) atoms. The summed E-state index contributed by atoms with van der Waals surface area (Å²) >= 11 is 0. The quantitative estimate of drug-likeness (QED) is 0.559. The highest BCUT2D eigenvalue weighted by Crippen LogP contribution is 2.28. The number of likely N-dealkylation sites (N-methyl/N-ethyl adjacent to an activating group) is 1. The minimum Gasteiger partial charge on any atom is -0.363 e. The Labute approximate surface area is 126 Å². The van der Waals surface area contributed by atoms with Gasteiger partial charge in [-0.15, -0.1) is 0 Å². The molecule has 0 bridgehead atoms. The van der Waals surface area contributed by atoms with Crippen LogP contribution in [0.4, 0.5) is 11.5 Å². The van der Waals surface area contributed by atoms with Gasteiger partial charge >= 0.3 is 5.69 Å². The number of nitrogens with one attached hydrogen (secondary N) is 1. The smallest absolute Gasteiger partial charge is 0.333 e. The summed E-state index contributed by atoms with van der Waals surface area (Å²) in [5.74, 6) is 0.501. The van der Waals surface area contributed by atoms with Gasteiger partial charge in [0.05, 0.1) is 4.92 Å². The molecule has 0 fully saturated rings. The van der Waals surface area contributed by atoms with E-state index in [-0.39, 0.29) is 10.6 Å². The molecule has 0 spiro atoms. The fraction of sp³-hybridized carbons (Fsp3) is 0.786. The van der Waals surface area contributed by atoms with Crippen molar-refractivity contribution in [3.8, 4) is 0 Å². The zero-order valence-electron chi connectivity index (χ0n) is 13.7. The van der Waals surface area contributed by atoms with E-state index >= 15 is 0 Å². The van der Waals surface area contributed by atoms with Gasteiger partial charge in [-0.3, -0.25) is 10.1 Å². The fourth-order valence-corrected chi connectivity index (χ4v) is 2.25. The molecule has 1 atom stereocenters. The molecule has 1 N–H and O–H groups in total. The molecule has 0 amide bonds. The third-order valence-electron chi connectivity index (χ3n) is 3.86. The molecule has 1 unspecified atom stereocenters. The van der Waals surface area contributed by atoms with Crippen LogP contribution in [0.15, 0.2) is 0 Å². The maximum atomic E-state index is 11.3. The van der Waals surface area contributed by atoms with Gasteiger partial charge in [0, 0.05) is 26.2 Å². The van der Waals surface area contributed by atoms with E-state index in [1.54, 1.807) is 11.7 Å². The number of nitro groups is 1. The van der Waals surface area contributed by atoms with Crippen molar-refractivity contribution in [3.63, 3.8) is 0 Å². The van der Waals surface area contributed by atoms with E-state index in [9.17, 15) is 10.1 Å². The number of anilines is 1. The summed E-state index contributed by atoms with van der Waals surface area (Å²) in [5, 5.41) is 18.7. The van der Waals surface area contributed by atoms with Gasteiger partial charge in [0.25, 0.3) is 0 Å². The summed E-state index contributed by atoms with van der Waals surface area (Å²) in [6, 6.07) is 0.504. The summed E-state index contributed by atoms with van der Waals surface area (Å²) in [7, 11) is 3.81. The lowest BCUT2D eigenvalue weighted by Gasteiger charge is -2.23. The Bertz CT molecular complexity index is 472. The highest BCUT2D eigenvalue weighted by molar-refractivity contribution is 5.59. The van der Waals surface area contributed by atoms with E-state index in [1.165, 1.54) is 0 Å². The minimum atomic E-state index is -0.335. The number of nitrogens with zero attached hydrogens (tertiary/aromatic N) is 4. The van der Waals surface area contributed by atoms with Crippen LogP contribution >= 0.6 is 0 Å². The second-order valence-corrected chi connectivity index (χ2v) is 5.44. The minimum absolute atomic E-state index is 0.116. The van der Waals surface area contributed by atoms with Gasteiger partial charge < -0.3 is 10.2 Å². The average molecular weight is 297 g/mol. The van der Waals surface area contributed by atoms with E-state index in [0.717, 1.165) is 19.4 Å². The molecule has 7 nitrogen and oxygen atoms in total. The Balaban J connectivity index is 2.76. The largest absolute Gasteiger partial charge is 0.363 e. The molecule has 0 aliphatic heterocycles. The highest BCUT2D eigenvalue weighted by Gasteiger charge is 2.25. The molecule has 0 saturated heterocycles. The van der Waals surface area contributed by atoms with Crippen molar-refractivity contribution in [1.82, 2.24) is 14.7 Å². The van der Waals surface area contributed by atoms with E-state index in [2.05, 4.69) is 36.2 Å². The first kappa shape index (κ1) is 17.4. The second-order valence-electron chi connectivity index (χ2n) is 5.44. The first-order valence-electron chi connectivity index (χ1n) is 7.56. The van der Waals surface area contributed by atoms with Gasteiger partial charge in [-0.25, -0.2) is 4.68 Å². The first-order valence-corrected chi connectivity index (χ1v) is 7.56. The SMILES string of the molecule is CCCc1nn(C)c(NCCN(C)C(C)CC)c1[N+](=O)[O-]. The summed E-state index contributed by atoms with van der Waals surface area (Å²) in [6.07, 6.45) is 2.55. The van der Waals surface area contributed by atoms with Crippen molar-refractivity contribution >= 4 is 11.5 Å². The Morgan fingerprint density at radius 2 is 2.14 bits per heavy atom. The molecular formula is C14H27N5O2. The molecule has 7 heteroatoms. The molecule has 0 saturated carbocycles. The molecule has 0 radical (unpaired) electrons. The number of hydrogen-bond donors (Lipinski definition) is 1. The van der Waals surface area contributed by atoms with Crippen molar-refractivity contribution in [2.75, 3.05) is 25.5 Å². The number of hydrogen-bond acceptors (Lipinski definition) is 5. The van der Waals surface area contributed by atoms with Crippen molar-refractivity contribution < 1.29 is 4.92 Å². The zero-order valence-corrected chi connectivity index (χ0v) is 13.7. The van der Waals surface area contributed by atoms with Gasteiger partial charge in [0.2, 0.25) is 5.82 Å². The van der Waals surface area contributed by atoms with Crippen LogP contribution in [-0.4, -0.2) is 45.8 Å². The van der Waals surface area contributed by atoms with Crippen LogP contribution in [0.2, 0.25) is 0 Å². The van der Waals surface area contributed by atoms with Crippen molar-refractivity contribution in [1.29, 1.82) is 0 Å². The molecular weight excluding hydrogens is 270 g/mol. The third-order valence-corrected chi connectivity index (χ3v) is 3.86. The second kappa shape index (κ2) is 7.97. The Kier molecular flexibility index (Phi) is 6.61. The van der Waals surface area contributed by atoms with Crippen LogP contribution in [0.1, 0.15) is 39.3 Å². The van der Waals surface area contributed by atoms with E-state index in [4.69, 9.17) is 0 Å². The van der Waals surface area contributed by atoms with Gasteiger partial charge in [0.1, 0.15) is 5.69 Å². The van der Waals surface area contributed by atoms with Crippen LogP contribution < -0.4 is 5.32 Å². The molecule has 1 aromatic rings. The standard InChI is InChI=1S/C14H27N5O2/c1-6-8-12-13(19(20)21)14(18(5)16-12)15-9-10-17(4)11(3)7-2/h11,15H,6-10H2,1-5H3. The lowest BCUT2D eigenvalue weighted by atomic mass is 10.2. The average Bonchev–Trinajstić information content (AvgIpc) is 2.74. The third kappa shape index (κ3) is 4.42. The van der Waals surface area contributed by atoms with E-state index in [1.807, 2.05) is 6.92 Å². The van der Waals surface area contributed by atoms with Crippen LogP contribution in [0.5, 0.6) is 0 Å². The van der Waals surface area contributed by atoms with E-state index < -0.39 is 0 Å². The molecule has 0 aromatic carbocycles. The van der Waals surface area contributed by atoms with Crippen LogP contribution in [-0.2, 0) is 13.5 Å². The predicted molar refractivity (Wildman–Crippen MR) is 84.7 cm³/mol. The normalized spacial score (nSPS) is 12.7. The van der Waals surface area contributed by atoms with Gasteiger partial charge in [-0.2, -0.15) is 5.10 Å². The van der Waals surface area contributed by atoms with Crippen LogP contribution in [0.25, 0.3) is 0 Å². The van der Waals surface area contributed by atoms with Gasteiger partial charge in [-0.1, -0.05) is 20.3 Å². The molecule has 0 aliphatic rings. The molecule has 120 valence electrons. The number of aryl methyl sites for hydroxylation is 2. The van der Waals surface area contributed by atoms with Crippen molar-refractivity contribution in [2.24, 2.45) is 7.05 Å². The predicted octanol–water partition coefficient (Wildman–Crippen LogP) is 2.42.